The SMILES string of the molecule is C1=C2Sc3ccccc3[C@H](c3ccccc3)[C@@H]2c2ccccc21. The number of hydrogen-bond donors (Lipinski definition) is 0. The van der Waals surface area contributed by atoms with Gasteiger partial charge >= 0.3 is 0 Å². The smallest absolute Gasteiger partial charge is 0.0269 e. The molecule has 1 heteroatoms. The van der Waals surface area contributed by atoms with Gasteiger partial charge in [0.25, 0.3) is 0 Å². The maximum atomic E-state index is 2.39. The molecule has 5 rings (SSSR count). The molecule has 23 heavy (non-hydrogen) atoms. The molecule has 3 aromatic rings. The predicted molar refractivity (Wildman–Crippen MR) is 97.7 cm³/mol. The molecule has 0 N–H and O–H groups in total. The third-order valence-electron chi connectivity index (χ3n) is 4.91. The van der Waals surface area contributed by atoms with Gasteiger partial charge in [0.1, 0.15) is 0 Å². The zero-order valence-electron chi connectivity index (χ0n) is 12.6. The molecular weight excluding hydrogens is 296 g/mol. The summed E-state index contributed by atoms with van der Waals surface area (Å²) in [6, 6.07) is 28.7. The molecular formula is C22H16S. The first-order valence-corrected chi connectivity index (χ1v) is 8.86. The van der Waals surface area contributed by atoms with E-state index in [0.717, 1.165) is 0 Å². The maximum absolute atomic E-state index is 2.39. The molecule has 2 aliphatic rings. The van der Waals surface area contributed by atoms with Crippen molar-refractivity contribution in [3.8, 4) is 0 Å². The summed E-state index contributed by atoms with van der Waals surface area (Å²) in [6.07, 6.45) is 2.39. The van der Waals surface area contributed by atoms with Gasteiger partial charge < -0.3 is 0 Å². The van der Waals surface area contributed by atoms with Gasteiger partial charge in [-0.2, -0.15) is 0 Å². The van der Waals surface area contributed by atoms with Gasteiger partial charge in [-0.15, -0.1) is 0 Å². The fourth-order valence-electron chi connectivity index (χ4n) is 3.93. The molecule has 0 amide bonds. The van der Waals surface area contributed by atoms with Gasteiger partial charge in [0, 0.05) is 16.7 Å². The number of allylic oxidation sites excluding steroid dienone is 1. The Morgan fingerprint density at radius 2 is 1.30 bits per heavy atom. The van der Waals surface area contributed by atoms with E-state index < -0.39 is 0 Å². The van der Waals surface area contributed by atoms with Crippen molar-refractivity contribution in [1.82, 2.24) is 0 Å². The van der Waals surface area contributed by atoms with Crippen molar-refractivity contribution in [2.75, 3.05) is 0 Å². The van der Waals surface area contributed by atoms with Crippen LogP contribution in [0.3, 0.4) is 0 Å². The van der Waals surface area contributed by atoms with E-state index >= 15 is 0 Å². The lowest BCUT2D eigenvalue weighted by Gasteiger charge is -2.34. The van der Waals surface area contributed by atoms with Crippen LogP contribution in [0.25, 0.3) is 6.08 Å². The maximum Gasteiger partial charge on any atom is 0.0269 e. The minimum atomic E-state index is 0.406. The van der Waals surface area contributed by atoms with E-state index in [0.29, 0.717) is 11.8 Å². The fraction of sp³-hybridized carbons (Fsp3) is 0.0909. The van der Waals surface area contributed by atoms with Gasteiger partial charge in [0.2, 0.25) is 0 Å². The highest BCUT2D eigenvalue weighted by Crippen LogP contribution is 2.58. The van der Waals surface area contributed by atoms with Crippen molar-refractivity contribution in [2.45, 2.75) is 16.7 Å². The third kappa shape index (κ3) is 2.00. The number of benzene rings is 3. The highest BCUT2D eigenvalue weighted by atomic mass is 32.2. The van der Waals surface area contributed by atoms with E-state index in [-0.39, 0.29) is 0 Å². The van der Waals surface area contributed by atoms with Crippen molar-refractivity contribution < 1.29 is 0 Å². The minimum Gasteiger partial charge on any atom is -0.0935 e. The Morgan fingerprint density at radius 1 is 0.609 bits per heavy atom. The second-order valence-electron chi connectivity index (χ2n) is 6.18. The number of rotatable bonds is 1. The van der Waals surface area contributed by atoms with E-state index in [1.807, 2.05) is 11.8 Å². The molecule has 110 valence electrons. The average molecular weight is 312 g/mol. The van der Waals surface area contributed by atoms with Crippen LogP contribution in [0, 0.1) is 0 Å². The number of thioether (sulfide) groups is 1. The summed E-state index contributed by atoms with van der Waals surface area (Å²) < 4.78 is 0. The van der Waals surface area contributed by atoms with Crippen LogP contribution in [0.1, 0.15) is 34.1 Å². The summed E-state index contributed by atoms with van der Waals surface area (Å²) in [5.41, 5.74) is 5.72. The van der Waals surface area contributed by atoms with Gasteiger partial charge in [-0.25, -0.2) is 0 Å². The fourth-order valence-corrected chi connectivity index (χ4v) is 5.22. The number of hydrogen-bond acceptors (Lipinski definition) is 1. The summed E-state index contributed by atoms with van der Waals surface area (Å²) in [7, 11) is 0. The Hall–Kier alpha value is -2.25. The largest absolute Gasteiger partial charge is 0.0935 e. The quantitative estimate of drug-likeness (QED) is 0.526. The van der Waals surface area contributed by atoms with Crippen LogP contribution in [-0.2, 0) is 0 Å². The third-order valence-corrected chi connectivity index (χ3v) is 6.11. The molecule has 3 aromatic carbocycles. The zero-order valence-corrected chi connectivity index (χ0v) is 13.5. The summed E-state index contributed by atoms with van der Waals surface area (Å²) >= 11 is 1.94. The molecule has 0 saturated carbocycles. The van der Waals surface area contributed by atoms with Crippen LogP contribution < -0.4 is 0 Å². The lowest BCUT2D eigenvalue weighted by molar-refractivity contribution is 0.695. The van der Waals surface area contributed by atoms with Crippen molar-refractivity contribution in [1.29, 1.82) is 0 Å². The van der Waals surface area contributed by atoms with Gasteiger partial charge in [0.15, 0.2) is 0 Å². The Morgan fingerprint density at radius 3 is 2.17 bits per heavy atom. The van der Waals surface area contributed by atoms with Crippen LogP contribution in [0.15, 0.2) is 88.7 Å². The number of fused-ring (bicyclic) bond motifs is 4. The molecule has 0 nitrogen and oxygen atoms in total. The highest BCUT2D eigenvalue weighted by molar-refractivity contribution is 8.03. The molecule has 1 heterocycles. The van der Waals surface area contributed by atoms with Crippen LogP contribution in [0.5, 0.6) is 0 Å². The summed E-state index contributed by atoms with van der Waals surface area (Å²) in [5.74, 6) is 0.858. The van der Waals surface area contributed by atoms with E-state index in [9.17, 15) is 0 Å². The van der Waals surface area contributed by atoms with Crippen molar-refractivity contribution >= 4 is 17.8 Å². The molecule has 0 bridgehead atoms. The van der Waals surface area contributed by atoms with Crippen LogP contribution in [0.2, 0.25) is 0 Å². The Bertz CT molecular complexity index is 908. The van der Waals surface area contributed by atoms with Gasteiger partial charge in [-0.05, 0) is 39.3 Å². The lowest BCUT2D eigenvalue weighted by Crippen LogP contribution is -2.16. The molecule has 0 fully saturated rings. The monoisotopic (exact) mass is 312 g/mol. The molecule has 2 atom stereocenters. The molecule has 1 aliphatic heterocycles. The van der Waals surface area contributed by atoms with Gasteiger partial charge in [-0.1, -0.05) is 84.6 Å². The van der Waals surface area contributed by atoms with Crippen LogP contribution in [-0.4, -0.2) is 0 Å². The Kier molecular flexibility index (Phi) is 2.95. The normalized spacial score (nSPS) is 21.1. The molecule has 0 unspecified atom stereocenters. The second kappa shape index (κ2) is 5.14. The standard InChI is InChI=1S/C22H16S/c1-2-8-15(9-3-1)21-18-12-6-7-13-19(18)23-20-14-16-10-4-5-11-17(16)22(20)21/h1-14,21-22H/t21-,22+/m0/s1. The van der Waals surface area contributed by atoms with Crippen molar-refractivity contribution in [3.63, 3.8) is 0 Å². The summed E-state index contributed by atoms with van der Waals surface area (Å²) in [6.45, 7) is 0. The lowest BCUT2D eigenvalue weighted by atomic mass is 9.78. The van der Waals surface area contributed by atoms with Crippen molar-refractivity contribution in [2.24, 2.45) is 0 Å². The Labute approximate surface area is 140 Å². The van der Waals surface area contributed by atoms with Crippen LogP contribution in [0.4, 0.5) is 0 Å². The van der Waals surface area contributed by atoms with E-state index in [4.69, 9.17) is 0 Å². The second-order valence-corrected chi connectivity index (χ2v) is 7.30. The molecule has 0 saturated heterocycles. The molecule has 0 radical (unpaired) electrons. The van der Waals surface area contributed by atoms with Crippen LogP contribution >= 0.6 is 11.8 Å². The molecule has 0 spiro atoms. The summed E-state index contributed by atoms with van der Waals surface area (Å²) in [4.78, 5) is 2.88. The van der Waals surface area contributed by atoms with Gasteiger partial charge in [-0.3, -0.25) is 0 Å². The van der Waals surface area contributed by atoms with E-state index in [1.54, 1.807) is 0 Å². The zero-order chi connectivity index (χ0) is 15.2. The summed E-state index contributed by atoms with van der Waals surface area (Å²) in [5, 5.41) is 0. The first-order valence-electron chi connectivity index (χ1n) is 8.04. The van der Waals surface area contributed by atoms with Gasteiger partial charge in [0.05, 0.1) is 0 Å². The predicted octanol–water partition coefficient (Wildman–Crippen LogP) is 6.06. The van der Waals surface area contributed by atoms with E-state index in [2.05, 4.69) is 84.9 Å². The topological polar surface area (TPSA) is 0 Å². The van der Waals surface area contributed by atoms with E-state index in [1.165, 1.54) is 32.1 Å². The molecule has 0 aromatic heterocycles. The average Bonchev–Trinajstić information content (AvgIpc) is 2.98. The minimum absolute atomic E-state index is 0.406. The molecule has 1 aliphatic carbocycles. The first-order chi connectivity index (χ1) is 11.4. The highest BCUT2D eigenvalue weighted by Gasteiger charge is 2.39. The Balaban J connectivity index is 1.77. The van der Waals surface area contributed by atoms with Crippen molar-refractivity contribution in [3.05, 3.63) is 106 Å². The first kappa shape index (κ1) is 13.2.